The molecule has 1 N–H and O–H groups in total. The number of nitro benzene ring substituents is 1. The van der Waals surface area contributed by atoms with E-state index in [0.717, 1.165) is 18.4 Å². The lowest BCUT2D eigenvalue weighted by Crippen LogP contribution is -2.30. The molecule has 1 saturated carbocycles. The van der Waals surface area contributed by atoms with E-state index in [4.69, 9.17) is 4.74 Å². The third-order valence-electron chi connectivity index (χ3n) is 3.79. The molecule has 24 heavy (non-hydrogen) atoms. The van der Waals surface area contributed by atoms with Gasteiger partial charge in [0.1, 0.15) is 5.75 Å². The van der Waals surface area contributed by atoms with Crippen LogP contribution in [-0.2, 0) is 11.2 Å². The number of rotatable bonds is 7. The highest BCUT2D eigenvalue weighted by Crippen LogP contribution is 2.27. The number of carbonyl (C=O) groups excluding carboxylic acids is 1. The van der Waals surface area contributed by atoms with Gasteiger partial charge < -0.3 is 10.1 Å². The highest BCUT2D eigenvalue weighted by molar-refractivity contribution is 5.78. The van der Waals surface area contributed by atoms with E-state index in [-0.39, 0.29) is 24.2 Å². The summed E-state index contributed by atoms with van der Waals surface area (Å²) in [5, 5.41) is 13.9. The van der Waals surface area contributed by atoms with Gasteiger partial charge in [0, 0.05) is 30.2 Å². The molecular formula is C18H18N2O4. The number of nitrogens with one attached hydrogen (secondary N) is 1. The van der Waals surface area contributed by atoms with Crippen LogP contribution < -0.4 is 10.1 Å². The van der Waals surface area contributed by atoms with Gasteiger partial charge >= 0.3 is 0 Å². The van der Waals surface area contributed by atoms with Gasteiger partial charge in [0.05, 0.1) is 4.92 Å². The molecule has 6 heteroatoms. The van der Waals surface area contributed by atoms with Crippen molar-refractivity contribution in [3.63, 3.8) is 0 Å². The molecule has 0 radical (unpaired) electrons. The SMILES string of the molecule is O=C(COc1ccc([N+](=O)[O-])cc1Cc1ccccc1)NC1CC1. The second-order valence-electron chi connectivity index (χ2n) is 5.84. The van der Waals surface area contributed by atoms with E-state index in [1.54, 1.807) is 6.07 Å². The molecule has 0 spiro atoms. The highest BCUT2D eigenvalue weighted by atomic mass is 16.6. The first-order chi connectivity index (χ1) is 11.6. The summed E-state index contributed by atoms with van der Waals surface area (Å²) >= 11 is 0. The Morgan fingerprint density at radius 3 is 2.62 bits per heavy atom. The van der Waals surface area contributed by atoms with E-state index in [1.165, 1.54) is 12.1 Å². The summed E-state index contributed by atoms with van der Waals surface area (Å²) in [4.78, 5) is 22.3. The third kappa shape index (κ3) is 4.32. The zero-order valence-corrected chi connectivity index (χ0v) is 13.1. The van der Waals surface area contributed by atoms with E-state index in [9.17, 15) is 14.9 Å². The molecule has 1 aliphatic carbocycles. The molecule has 0 saturated heterocycles. The highest BCUT2D eigenvalue weighted by Gasteiger charge is 2.23. The topological polar surface area (TPSA) is 81.5 Å². The molecule has 1 aliphatic rings. The van der Waals surface area contributed by atoms with Crippen molar-refractivity contribution in [2.24, 2.45) is 0 Å². The lowest BCUT2D eigenvalue weighted by molar-refractivity contribution is -0.384. The van der Waals surface area contributed by atoms with Crippen LogP contribution in [0, 0.1) is 10.1 Å². The summed E-state index contributed by atoms with van der Waals surface area (Å²) in [6.45, 7) is -0.0872. The minimum absolute atomic E-state index is 0.00992. The molecule has 3 rings (SSSR count). The molecule has 2 aromatic rings. The second kappa shape index (κ2) is 7.12. The zero-order valence-electron chi connectivity index (χ0n) is 13.1. The van der Waals surface area contributed by atoms with Crippen molar-refractivity contribution in [3.8, 4) is 5.75 Å². The second-order valence-corrected chi connectivity index (χ2v) is 5.84. The lowest BCUT2D eigenvalue weighted by atomic mass is 10.0. The minimum Gasteiger partial charge on any atom is -0.483 e. The molecule has 1 fully saturated rings. The Morgan fingerprint density at radius 2 is 1.96 bits per heavy atom. The number of hydrogen-bond donors (Lipinski definition) is 1. The first-order valence-corrected chi connectivity index (χ1v) is 7.85. The average Bonchev–Trinajstić information content (AvgIpc) is 3.38. The number of non-ortho nitro benzene ring substituents is 1. The van der Waals surface area contributed by atoms with Gasteiger partial charge in [0.25, 0.3) is 11.6 Å². The van der Waals surface area contributed by atoms with Crippen LogP contribution in [0.1, 0.15) is 24.0 Å². The minimum atomic E-state index is -0.432. The molecule has 0 unspecified atom stereocenters. The fraction of sp³-hybridized carbons (Fsp3) is 0.278. The van der Waals surface area contributed by atoms with Gasteiger partial charge in [-0.05, 0) is 24.5 Å². The number of nitro groups is 1. The van der Waals surface area contributed by atoms with Crippen LogP contribution in [0.3, 0.4) is 0 Å². The Labute approximate surface area is 139 Å². The van der Waals surface area contributed by atoms with E-state index in [0.29, 0.717) is 17.7 Å². The standard InChI is InChI=1S/C18H18N2O4/c21-18(19-15-6-7-15)12-24-17-9-8-16(20(22)23)11-14(17)10-13-4-2-1-3-5-13/h1-5,8-9,11,15H,6-7,10,12H2,(H,19,21). The molecule has 2 aromatic carbocycles. The normalized spacial score (nSPS) is 13.3. The quantitative estimate of drug-likeness (QED) is 0.626. The maximum Gasteiger partial charge on any atom is 0.269 e. The smallest absolute Gasteiger partial charge is 0.269 e. The Kier molecular flexibility index (Phi) is 4.74. The fourth-order valence-electron chi connectivity index (χ4n) is 2.41. The van der Waals surface area contributed by atoms with Crippen molar-refractivity contribution in [3.05, 3.63) is 69.8 Å². The maximum atomic E-state index is 11.8. The molecule has 0 atom stereocenters. The number of ether oxygens (including phenoxy) is 1. The summed E-state index contributed by atoms with van der Waals surface area (Å²) in [6.07, 6.45) is 2.53. The number of benzene rings is 2. The van der Waals surface area contributed by atoms with E-state index < -0.39 is 4.92 Å². The van der Waals surface area contributed by atoms with E-state index in [1.807, 2.05) is 30.3 Å². The van der Waals surface area contributed by atoms with Crippen molar-refractivity contribution >= 4 is 11.6 Å². The van der Waals surface area contributed by atoms with Gasteiger partial charge in [-0.2, -0.15) is 0 Å². The van der Waals surface area contributed by atoms with Gasteiger partial charge in [-0.15, -0.1) is 0 Å². The first-order valence-electron chi connectivity index (χ1n) is 7.85. The van der Waals surface area contributed by atoms with Crippen LogP contribution in [0.25, 0.3) is 0 Å². The zero-order chi connectivity index (χ0) is 16.9. The number of amides is 1. The van der Waals surface area contributed by atoms with Crippen LogP contribution in [0.4, 0.5) is 5.69 Å². The number of nitrogens with zero attached hydrogens (tertiary/aromatic N) is 1. The monoisotopic (exact) mass is 326 g/mol. The molecule has 1 amide bonds. The molecule has 0 aromatic heterocycles. The van der Waals surface area contributed by atoms with Crippen molar-refractivity contribution in [2.75, 3.05) is 6.61 Å². The molecule has 0 aliphatic heterocycles. The average molecular weight is 326 g/mol. The van der Waals surface area contributed by atoms with E-state index in [2.05, 4.69) is 5.32 Å². The lowest BCUT2D eigenvalue weighted by Gasteiger charge is -2.12. The summed E-state index contributed by atoms with van der Waals surface area (Å²) < 4.78 is 5.60. The Bertz CT molecular complexity index is 742. The first kappa shape index (κ1) is 16.0. The Hall–Kier alpha value is -2.89. The predicted octanol–water partition coefficient (Wildman–Crippen LogP) is 2.84. The molecular weight excluding hydrogens is 308 g/mol. The maximum absolute atomic E-state index is 11.8. The van der Waals surface area contributed by atoms with Gasteiger partial charge in [0.15, 0.2) is 6.61 Å². The van der Waals surface area contributed by atoms with Crippen LogP contribution in [0.2, 0.25) is 0 Å². The fourth-order valence-corrected chi connectivity index (χ4v) is 2.41. The summed E-state index contributed by atoms with van der Waals surface area (Å²) in [7, 11) is 0. The largest absolute Gasteiger partial charge is 0.483 e. The van der Waals surface area contributed by atoms with Crippen LogP contribution in [-0.4, -0.2) is 23.5 Å². The number of carbonyl (C=O) groups is 1. The molecule has 124 valence electrons. The summed E-state index contributed by atoms with van der Waals surface area (Å²) in [5.41, 5.74) is 1.72. The van der Waals surface area contributed by atoms with E-state index >= 15 is 0 Å². The Morgan fingerprint density at radius 1 is 1.21 bits per heavy atom. The van der Waals surface area contributed by atoms with Crippen LogP contribution in [0.15, 0.2) is 48.5 Å². The van der Waals surface area contributed by atoms with Crippen LogP contribution >= 0.6 is 0 Å². The molecule has 0 heterocycles. The van der Waals surface area contributed by atoms with Gasteiger partial charge in [-0.1, -0.05) is 30.3 Å². The molecule has 0 bridgehead atoms. The van der Waals surface area contributed by atoms with Crippen LogP contribution in [0.5, 0.6) is 5.75 Å². The summed E-state index contributed by atoms with van der Waals surface area (Å²) in [5.74, 6) is 0.330. The van der Waals surface area contributed by atoms with Gasteiger partial charge in [-0.3, -0.25) is 14.9 Å². The van der Waals surface area contributed by atoms with Gasteiger partial charge in [-0.25, -0.2) is 0 Å². The van der Waals surface area contributed by atoms with Crippen molar-refractivity contribution in [1.29, 1.82) is 0 Å². The number of hydrogen-bond acceptors (Lipinski definition) is 4. The Balaban J connectivity index is 1.75. The van der Waals surface area contributed by atoms with Crippen molar-refractivity contribution in [2.45, 2.75) is 25.3 Å². The van der Waals surface area contributed by atoms with Crippen molar-refractivity contribution in [1.82, 2.24) is 5.32 Å². The predicted molar refractivity (Wildman–Crippen MR) is 89.0 cm³/mol. The third-order valence-corrected chi connectivity index (χ3v) is 3.79. The molecule has 6 nitrogen and oxygen atoms in total. The van der Waals surface area contributed by atoms with Crippen molar-refractivity contribution < 1.29 is 14.5 Å². The van der Waals surface area contributed by atoms with Gasteiger partial charge in [0.2, 0.25) is 0 Å². The summed E-state index contributed by atoms with van der Waals surface area (Å²) in [6, 6.07) is 14.4.